The summed E-state index contributed by atoms with van der Waals surface area (Å²) in [5.41, 5.74) is 4.66. The molecule has 0 radical (unpaired) electrons. The number of benzene rings is 1. The second kappa shape index (κ2) is 4.96. The topological polar surface area (TPSA) is 55.6 Å². The zero-order valence-corrected chi connectivity index (χ0v) is 12.1. The maximum atomic E-state index is 14.9. The van der Waals surface area contributed by atoms with Crippen molar-refractivity contribution in [2.24, 2.45) is 0 Å². The first-order valence-electron chi connectivity index (χ1n) is 6.72. The van der Waals surface area contributed by atoms with Gasteiger partial charge in [0.2, 0.25) is 0 Å². The molecule has 0 spiro atoms. The van der Waals surface area contributed by atoms with E-state index in [0.717, 1.165) is 0 Å². The minimum Gasteiger partial charge on any atom is -0.444 e. The molecule has 0 bridgehead atoms. The summed E-state index contributed by atoms with van der Waals surface area (Å²) >= 11 is 0. The predicted molar refractivity (Wildman–Crippen MR) is 76.1 cm³/mol. The maximum Gasteiger partial charge on any atom is 0.410 e. The van der Waals surface area contributed by atoms with Crippen LogP contribution in [0.2, 0.25) is 0 Å². The molecule has 1 aromatic rings. The van der Waals surface area contributed by atoms with Gasteiger partial charge < -0.3 is 15.4 Å². The number of hydrogen-bond acceptors (Lipinski definition) is 3. The van der Waals surface area contributed by atoms with Crippen molar-refractivity contribution < 1.29 is 13.9 Å². The van der Waals surface area contributed by atoms with Crippen molar-refractivity contribution >= 4 is 11.8 Å². The van der Waals surface area contributed by atoms with Crippen LogP contribution in [0.5, 0.6) is 0 Å². The van der Waals surface area contributed by atoms with Gasteiger partial charge in [-0.05, 0) is 38.5 Å². The molecule has 1 aliphatic rings. The molecule has 110 valence electrons. The number of carbonyl (C=O) groups is 1. The van der Waals surface area contributed by atoms with Crippen LogP contribution < -0.4 is 5.73 Å². The van der Waals surface area contributed by atoms with Crippen LogP contribution in [0.15, 0.2) is 24.3 Å². The molecule has 1 heterocycles. The van der Waals surface area contributed by atoms with E-state index in [2.05, 4.69) is 0 Å². The van der Waals surface area contributed by atoms with Crippen LogP contribution >= 0.6 is 0 Å². The van der Waals surface area contributed by atoms with E-state index in [4.69, 9.17) is 10.5 Å². The quantitative estimate of drug-likeness (QED) is 0.804. The highest BCUT2D eigenvalue weighted by Crippen LogP contribution is 2.36. The largest absolute Gasteiger partial charge is 0.444 e. The lowest BCUT2D eigenvalue weighted by molar-refractivity contribution is 0.0257. The highest BCUT2D eigenvalue weighted by Gasteiger charge is 2.42. The minimum absolute atomic E-state index is 0.0197. The average molecular weight is 280 g/mol. The molecule has 0 aliphatic carbocycles. The highest BCUT2D eigenvalue weighted by molar-refractivity contribution is 5.68. The Kier molecular flexibility index (Phi) is 3.63. The molecule has 0 aromatic heterocycles. The Labute approximate surface area is 118 Å². The predicted octanol–water partition coefficient (Wildman–Crippen LogP) is 3.07. The second-order valence-electron chi connectivity index (χ2n) is 6.24. The van der Waals surface area contributed by atoms with Crippen molar-refractivity contribution in [1.82, 2.24) is 4.90 Å². The Morgan fingerprint density at radius 2 is 1.95 bits per heavy atom. The zero-order valence-electron chi connectivity index (χ0n) is 12.1. The molecule has 2 N–H and O–H groups in total. The average Bonchev–Trinajstić information content (AvgIpc) is 2.72. The van der Waals surface area contributed by atoms with Gasteiger partial charge in [-0.3, -0.25) is 0 Å². The van der Waals surface area contributed by atoms with Crippen molar-refractivity contribution in [3.05, 3.63) is 29.8 Å². The molecule has 0 saturated carbocycles. The van der Waals surface area contributed by atoms with E-state index >= 15 is 0 Å². The summed E-state index contributed by atoms with van der Waals surface area (Å²) in [6.07, 6.45) is -0.191. The third-order valence-corrected chi connectivity index (χ3v) is 3.30. The van der Waals surface area contributed by atoms with Crippen LogP contribution in [0.3, 0.4) is 0 Å². The summed E-state index contributed by atoms with van der Waals surface area (Å²) < 4.78 is 20.2. The van der Waals surface area contributed by atoms with E-state index in [-0.39, 0.29) is 13.0 Å². The Hall–Kier alpha value is -1.78. The van der Waals surface area contributed by atoms with Crippen molar-refractivity contribution in [3.8, 4) is 0 Å². The first-order valence-corrected chi connectivity index (χ1v) is 6.72. The van der Waals surface area contributed by atoms with E-state index in [1.165, 1.54) is 4.90 Å². The first kappa shape index (κ1) is 14.6. The second-order valence-corrected chi connectivity index (χ2v) is 6.24. The van der Waals surface area contributed by atoms with Crippen molar-refractivity contribution in [2.45, 2.75) is 38.5 Å². The summed E-state index contributed by atoms with van der Waals surface area (Å²) in [6, 6.07) is 6.70. The molecular formula is C15H21FN2O2. The van der Waals surface area contributed by atoms with Gasteiger partial charge in [0.25, 0.3) is 0 Å². The lowest BCUT2D eigenvalue weighted by atomic mass is 9.95. The Balaban J connectivity index is 2.07. The van der Waals surface area contributed by atoms with E-state index in [1.54, 1.807) is 45.0 Å². The molecule has 1 unspecified atom stereocenters. The summed E-state index contributed by atoms with van der Waals surface area (Å²) in [5.74, 6) is 0. The fourth-order valence-electron chi connectivity index (χ4n) is 2.27. The molecule has 1 saturated heterocycles. The summed E-state index contributed by atoms with van der Waals surface area (Å²) in [5, 5.41) is 0. The number of hydrogen-bond donors (Lipinski definition) is 1. The SMILES string of the molecule is CC(C)(C)OC(=O)N1CCC(F)(c2ccc(N)cc2)C1. The summed E-state index contributed by atoms with van der Waals surface area (Å²) in [6.45, 7) is 5.76. The number of amides is 1. The van der Waals surface area contributed by atoms with E-state index < -0.39 is 17.4 Å². The highest BCUT2D eigenvalue weighted by atomic mass is 19.1. The van der Waals surface area contributed by atoms with Crippen LogP contribution in [0.4, 0.5) is 14.9 Å². The molecular weight excluding hydrogens is 259 g/mol. The van der Waals surface area contributed by atoms with Gasteiger partial charge in [0.05, 0.1) is 6.54 Å². The number of nitrogen functional groups attached to an aromatic ring is 1. The number of nitrogens with zero attached hydrogens (tertiary/aromatic N) is 1. The van der Waals surface area contributed by atoms with Crippen molar-refractivity contribution in [2.75, 3.05) is 18.8 Å². The van der Waals surface area contributed by atoms with Gasteiger partial charge in [-0.1, -0.05) is 12.1 Å². The number of alkyl halides is 1. The van der Waals surface area contributed by atoms with Gasteiger partial charge >= 0.3 is 6.09 Å². The van der Waals surface area contributed by atoms with Crippen molar-refractivity contribution in [3.63, 3.8) is 0 Å². The van der Waals surface area contributed by atoms with Crippen LogP contribution in [0.25, 0.3) is 0 Å². The third-order valence-electron chi connectivity index (χ3n) is 3.30. The first-order chi connectivity index (χ1) is 9.20. The van der Waals surface area contributed by atoms with Crippen LogP contribution in [0.1, 0.15) is 32.8 Å². The van der Waals surface area contributed by atoms with Gasteiger partial charge in [-0.15, -0.1) is 0 Å². The van der Waals surface area contributed by atoms with E-state index in [9.17, 15) is 9.18 Å². The number of carbonyl (C=O) groups excluding carboxylic acids is 1. The Morgan fingerprint density at radius 1 is 1.35 bits per heavy atom. The van der Waals surface area contributed by atoms with Gasteiger partial charge in [0.1, 0.15) is 5.60 Å². The van der Waals surface area contributed by atoms with Crippen LogP contribution in [0, 0.1) is 0 Å². The Bertz CT molecular complexity index is 496. The molecule has 1 fully saturated rings. The molecule has 4 nitrogen and oxygen atoms in total. The smallest absolute Gasteiger partial charge is 0.410 e. The molecule has 1 aromatic carbocycles. The zero-order chi connectivity index (χ0) is 15.0. The van der Waals surface area contributed by atoms with Crippen molar-refractivity contribution in [1.29, 1.82) is 0 Å². The Morgan fingerprint density at radius 3 is 2.50 bits per heavy atom. The fraction of sp³-hybridized carbons (Fsp3) is 0.533. The number of ether oxygens (including phenoxy) is 1. The summed E-state index contributed by atoms with van der Waals surface area (Å²) in [4.78, 5) is 13.4. The van der Waals surface area contributed by atoms with Gasteiger partial charge in [-0.25, -0.2) is 9.18 Å². The lowest BCUT2D eigenvalue weighted by Crippen LogP contribution is -2.37. The van der Waals surface area contributed by atoms with E-state index in [0.29, 0.717) is 17.8 Å². The number of halogens is 1. The third kappa shape index (κ3) is 3.21. The molecule has 20 heavy (non-hydrogen) atoms. The standard InChI is InChI=1S/C15H21FN2O2/c1-14(2,3)20-13(19)18-9-8-15(16,10-18)11-4-6-12(17)7-5-11/h4-7H,8-10,17H2,1-3H3. The fourth-order valence-corrected chi connectivity index (χ4v) is 2.27. The number of rotatable bonds is 1. The number of likely N-dealkylation sites (tertiary alicyclic amines) is 1. The molecule has 1 amide bonds. The number of anilines is 1. The van der Waals surface area contributed by atoms with Gasteiger partial charge in [-0.2, -0.15) is 0 Å². The normalized spacial score (nSPS) is 22.9. The molecule has 2 rings (SSSR count). The van der Waals surface area contributed by atoms with E-state index in [1.807, 2.05) is 0 Å². The molecule has 1 aliphatic heterocycles. The van der Waals surface area contributed by atoms with Gasteiger partial charge in [0.15, 0.2) is 5.67 Å². The minimum atomic E-state index is -1.52. The van der Waals surface area contributed by atoms with Gasteiger partial charge in [0, 0.05) is 18.7 Å². The number of nitrogens with two attached hydrogens (primary N) is 1. The monoisotopic (exact) mass is 280 g/mol. The summed E-state index contributed by atoms with van der Waals surface area (Å²) in [7, 11) is 0. The lowest BCUT2D eigenvalue weighted by Gasteiger charge is -2.25. The maximum absolute atomic E-state index is 14.9. The molecule has 1 atom stereocenters. The van der Waals surface area contributed by atoms with Crippen LogP contribution in [-0.2, 0) is 10.4 Å². The molecule has 5 heteroatoms. The van der Waals surface area contributed by atoms with Crippen LogP contribution in [-0.4, -0.2) is 29.7 Å².